The van der Waals surface area contributed by atoms with Gasteiger partial charge in [0.1, 0.15) is 5.58 Å². The van der Waals surface area contributed by atoms with Gasteiger partial charge in [-0.3, -0.25) is 9.59 Å². The number of fused-ring (bicyclic) bond motifs is 5. The highest BCUT2D eigenvalue weighted by molar-refractivity contribution is 5.88. The summed E-state index contributed by atoms with van der Waals surface area (Å²) in [7, 11) is 0. The lowest BCUT2D eigenvalue weighted by Crippen LogP contribution is -2.18. The predicted octanol–water partition coefficient (Wildman–Crippen LogP) is 3.19. The molecule has 0 spiro atoms. The number of carbonyl (C=O) groups excluding carboxylic acids is 1. The number of hydrogen-bond donors (Lipinski definition) is 0. The van der Waals surface area contributed by atoms with Crippen LogP contribution in [0.3, 0.4) is 0 Å². The second-order valence-corrected chi connectivity index (χ2v) is 5.63. The second kappa shape index (κ2) is 4.70. The van der Waals surface area contributed by atoms with Gasteiger partial charge in [-0.25, -0.2) is 0 Å². The first-order valence-electron chi connectivity index (χ1n) is 7.45. The molecule has 0 saturated heterocycles. The number of aryl methyl sites for hydroxylation is 3. The van der Waals surface area contributed by atoms with Crippen molar-refractivity contribution in [1.82, 2.24) is 4.57 Å². The van der Waals surface area contributed by atoms with Crippen molar-refractivity contribution in [3.8, 4) is 11.5 Å². The molecule has 0 aliphatic carbocycles. The topological polar surface area (TPSA) is 52.2 Å². The standard InChI is InChI=1S/C18H15NO3/c1-2-11-3-4-13-14-5-6-19-9-12(10-20)16(21)8-15(19)18(14)22-17(13)7-11/h3-4,7-10H,2,5-6H2,1H3. The van der Waals surface area contributed by atoms with Gasteiger partial charge in [-0.2, -0.15) is 0 Å². The van der Waals surface area contributed by atoms with Crippen molar-refractivity contribution in [3.63, 3.8) is 0 Å². The molecule has 0 N–H and O–H groups in total. The Kier molecular flexibility index (Phi) is 2.79. The van der Waals surface area contributed by atoms with Crippen molar-refractivity contribution in [2.45, 2.75) is 26.3 Å². The number of aldehydes is 1. The molecular formula is C18H15NO3. The van der Waals surface area contributed by atoms with Crippen LogP contribution in [0.5, 0.6) is 0 Å². The van der Waals surface area contributed by atoms with Gasteiger partial charge >= 0.3 is 0 Å². The van der Waals surface area contributed by atoms with E-state index < -0.39 is 0 Å². The molecular weight excluding hydrogens is 278 g/mol. The predicted molar refractivity (Wildman–Crippen MR) is 84.4 cm³/mol. The van der Waals surface area contributed by atoms with E-state index in [9.17, 15) is 9.59 Å². The molecule has 4 nitrogen and oxygen atoms in total. The van der Waals surface area contributed by atoms with Crippen LogP contribution < -0.4 is 5.43 Å². The van der Waals surface area contributed by atoms with Gasteiger partial charge in [-0.15, -0.1) is 0 Å². The monoisotopic (exact) mass is 293 g/mol. The van der Waals surface area contributed by atoms with Crippen LogP contribution in [0.4, 0.5) is 0 Å². The minimum Gasteiger partial charge on any atom is -0.454 e. The van der Waals surface area contributed by atoms with E-state index >= 15 is 0 Å². The normalized spacial score (nSPS) is 13.0. The number of hydrogen-bond acceptors (Lipinski definition) is 3. The third-order valence-electron chi connectivity index (χ3n) is 4.38. The Hall–Kier alpha value is -2.62. The van der Waals surface area contributed by atoms with E-state index in [1.54, 1.807) is 6.20 Å². The summed E-state index contributed by atoms with van der Waals surface area (Å²) in [5.41, 5.74) is 3.93. The summed E-state index contributed by atoms with van der Waals surface area (Å²) in [5, 5.41) is 1.12. The number of furan rings is 1. The molecule has 0 bridgehead atoms. The summed E-state index contributed by atoms with van der Waals surface area (Å²) in [6.07, 6.45) is 4.03. The maximum atomic E-state index is 12.0. The number of pyridine rings is 1. The van der Waals surface area contributed by atoms with Gasteiger partial charge in [0.25, 0.3) is 0 Å². The first kappa shape index (κ1) is 13.1. The maximum Gasteiger partial charge on any atom is 0.192 e. The average Bonchev–Trinajstić information content (AvgIpc) is 2.92. The van der Waals surface area contributed by atoms with Crippen LogP contribution >= 0.6 is 0 Å². The van der Waals surface area contributed by atoms with Crippen molar-refractivity contribution in [1.29, 1.82) is 0 Å². The van der Waals surface area contributed by atoms with Crippen molar-refractivity contribution in [3.05, 3.63) is 57.4 Å². The summed E-state index contributed by atoms with van der Waals surface area (Å²) < 4.78 is 7.97. The Labute approximate surface area is 127 Å². The van der Waals surface area contributed by atoms with Gasteiger partial charge in [0.15, 0.2) is 17.5 Å². The number of aromatic nitrogens is 1. The smallest absolute Gasteiger partial charge is 0.192 e. The van der Waals surface area contributed by atoms with Crippen LogP contribution in [0, 0.1) is 0 Å². The van der Waals surface area contributed by atoms with Crippen LogP contribution in [0.25, 0.3) is 22.4 Å². The molecule has 1 aromatic carbocycles. The van der Waals surface area contributed by atoms with E-state index in [0.29, 0.717) is 6.29 Å². The van der Waals surface area contributed by atoms with E-state index in [1.807, 2.05) is 4.57 Å². The molecule has 22 heavy (non-hydrogen) atoms. The molecule has 4 heteroatoms. The van der Waals surface area contributed by atoms with Crippen LogP contribution in [0.1, 0.15) is 28.4 Å². The molecule has 3 heterocycles. The number of carbonyl (C=O) groups is 1. The molecule has 1 aliphatic rings. The van der Waals surface area contributed by atoms with Crippen molar-refractivity contribution < 1.29 is 9.21 Å². The fraction of sp³-hybridized carbons (Fsp3) is 0.222. The Bertz CT molecular complexity index is 962. The molecule has 0 amide bonds. The van der Waals surface area contributed by atoms with Crippen LogP contribution in [-0.2, 0) is 19.4 Å². The molecule has 3 aromatic rings. The minimum atomic E-state index is -0.260. The zero-order valence-corrected chi connectivity index (χ0v) is 12.3. The number of benzene rings is 1. The number of nitrogens with zero attached hydrogens (tertiary/aromatic N) is 1. The highest BCUT2D eigenvalue weighted by Crippen LogP contribution is 2.37. The molecule has 0 radical (unpaired) electrons. The molecule has 0 fully saturated rings. The zero-order chi connectivity index (χ0) is 15.3. The summed E-state index contributed by atoms with van der Waals surface area (Å²) in [5.74, 6) is 0.754. The molecule has 0 saturated carbocycles. The maximum absolute atomic E-state index is 12.0. The van der Waals surface area contributed by atoms with E-state index in [2.05, 4.69) is 25.1 Å². The van der Waals surface area contributed by atoms with Crippen molar-refractivity contribution in [2.75, 3.05) is 0 Å². The summed E-state index contributed by atoms with van der Waals surface area (Å²) >= 11 is 0. The molecule has 110 valence electrons. The molecule has 0 unspecified atom stereocenters. The van der Waals surface area contributed by atoms with Crippen molar-refractivity contribution in [2.24, 2.45) is 0 Å². The fourth-order valence-corrected chi connectivity index (χ4v) is 3.16. The first-order valence-corrected chi connectivity index (χ1v) is 7.45. The largest absolute Gasteiger partial charge is 0.454 e. The van der Waals surface area contributed by atoms with Gasteiger partial charge in [-0.05, 0) is 24.5 Å². The highest BCUT2D eigenvalue weighted by Gasteiger charge is 2.23. The highest BCUT2D eigenvalue weighted by atomic mass is 16.3. The lowest BCUT2D eigenvalue weighted by Gasteiger charge is -2.18. The summed E-state index contributed by atoms with van der Waals surface area (Å²) in [6.45, 7) is 2.85. The molecule has 1 aliphatic heterocycles. The van der Waals surface area contributed by atoms with Gasteiger partial charge < -0.3 is 8.98 Å². The van der Waals surface area contributed by atoms with E-state index in [-0.39, 0.29) is 11.0 Å². The van der Waals surface area contributed by atoms with Gasteiger partial charge in [0.2, 0.25) is 0 Å². The summed E-state index contributed by atoms with van der Waals surface area (Å²) in [4.78, 5) is 22.9. The van der Waals surface area contributed by atoms with Crippen molar-refractivity contribution >= 4 is 17.3 Å². The third kappa shape index (κ3) is 1.77. The average molecular weight is 293 g/mol. The van der Waals surface area contributed by atoms with E-state index in [1.165, 1.54) is 11.6 Å². The summed E-state index contributed by atoms with van der Waals surface area (Å²) in [6, 6.07) is 7.79. The van der Waals surface area contributed by atoms with Gasteiger partial charge in [0, 0.05) is 29.8 Å². The molecule has 4 rings (SSSR count). The van der Waals surface area contributed by atoms with Crippen LogP contribution in [0.2, 0.25) is 0 Å². The minimum absolute atomic E-state index is 0.191. The SMILES string of the molecule is CCc1ccc2c3c(oc2c1)-c1cc(=O)c(C=O)cn1CC3. The van der Waals surface area contributed by atoms with Crippen LogP contribution in [-0.4, -0.2) is 10.9 Å². The fourth-order valence-electron chi connectivity index (χ4n) is 3.16. The van der Waals surface area contributed by atoms with Crippen LogP contribution in [0.15, 0.2) is 39.7 Å². The lowest BCUT2D eigenvalue weighted by molar-refractivity contribution is 0.112. The Morgan fingerprint density at radius 2 is 2.18 bits per heavy atom. The van der Waals surface area contributed by atoms with E-state index in [4.69, 9.17) is 4.42 Å². The third-order valence-corrected chi connectivity index (χ3v) is 4.38. The second-order valence-electron chi connectivity index (χ2n) is 5.63. The lowest BCUT2D eigenvalue weighted by atomic mass is 10.0. The number of rotatable bonds is 2. The first-order chi connectivity index (χ1) is 10.7. The van der Waals surface area contributed by atoms with E-state index in [0.717, 1.165) is 47.4 Å². The Morgan fingerprint density at radius 1 is 1.32 bits per heavy atom. The van der Waals surface area contributed by atoms with Gasteiger partial charge in [0.05, 0.1) is 11.3 Å². The molecule has 2 aromatic heterocycles. The Balaban J connectivity index is 2.00. The zero-order valence-electron chi connectivity index (χ0n) is 12.3. The van der Waals surface area contributed by atoms with Gasteiger partial charge in [-0.1, -0.05) is 19.1 Å². The quantitative estimate of drug-likeness (QED) is 0.682. The Morgan fingerprint density at radius 3 is 2.95 bits per heavy atom. The molecule has 0 atom stereocenters.